The third-order valence-electron chi connectivity index (χ3n) is 4.37. The fourth-order valence-corrected chi connectivity index (χ4v) is 2.48. The minimum absolute atomic E-state index is 0.366. The summed E-state index contributed by atoms with van der Waals surface area (Å²) in [5, 5.41) is 3.71. The smallest absolute Gasteiger partial charge is 0.00683 e. The summed E-state index contributed by atoms with van der Waals surface area (Å²) >= 11 is 0. The first kappa shape index (κ1) is 14.6. The van der Waals surface area contributed by atoms with Gasteiger partial charge in [-0.25, -0.2) is 0 Å². The molecule has 1 nitrogen and oxygen atoms in total. The molecule has 1 heteroatoms. The molecule has 1 aromatic carbocycles. The lowest BCUT2D eigenvalue weighted by molar-refractivity contribution is 0.230. The average Bonchev–Trinajstić information content (AvgIpc) is 3.18. The van der Waals surface area contributed by atoms with E-state index in [1.54, 1.807) is 0 Å². The topological polar surface area (TPSA) is 12.0 Å². The summed E-state index contributed by atoms with van der Waals surface area (Å²) in [5.74, 6) is 0.709. The molecule has 0 radical (unpaired) electrons. The molecule has 1 unspecified atom stereocenters. The van der Waals surface area contributed by atoms with Gasteiger partial charge in [0.2, 0.25) is 0 Å². The van der Waals surface area contributed by atoms with Crippen molar-refractivity contribution in [3.63, 3.8) is 0 Å². The predicted octanol–water partition coefficient (Wildman–Crippen LogP) is 4.21. The Morgan fingerprint density at radius 1 is 1.11 bits per heavy atom. The summed E-state index contributed by atoms with van der Waals surface area (Å²) in [4.78, 5) is 0. The minimum Gasteiger partial charge on any atom is -0.314 e. The van der Waals surface area contributed by atoms with Crippen LogP contribution in [0.4, 0.5) is 0 Å². The zero-order valence-corrected chi connectivity index (χ0v) is 13.0. The van der Waals surface area contributed by atoms with Gasteiger partial charge in [0.25, 0.3) is 0 Å². The first-order chi connectivity index (χ1) is 8.99. The van der Waals surface area contributed by atoms with Crippen LogP contribution in [0.1, 0.15) is 51.7 Å². The molecule has 1 fully saturated rings. The number of aryl methyl sites for hydroxylation is 1. The van der Waals surface area contributed by atoms with Crippen molar-refractivity contribution in [3.8, 4) is 0 Å². The molecule has 0 saturated heterocycles. The Hall–Kier alpha value is -0.820. The number of hydrogen-bond acceptors (Lipinski definition) is 1. The van der Waals surface area contributed by atoms with E-state index in [4.69, 9.17) is 0 Å². The normalized spacial score (nSPS) is 17.5. The van der Waals surface area contributed by atoms with E-state index in [2.05, 4.69) is 57.3 Å². The zero-order chi connectivity index (χ0) is 13.9. The quantitative estimate of drug-likeness (QED) is 0.807. The molecule has 0 heterocycles. The Bertz CT molecular complexity index is 381. The SMILES string of the molecule is CCc1ccc(CC(CNC2CC2)C(C)(C)C)cc1. The van der Waals surface area contributed by atoms with Gasteiger partial charge in [-0.2, -0.15) is 0 Å². The van der Waals surface area contributed by atoms with Gasteiger partial charge in [0.1, 0.15) is 0 Å². The Morgan fingerprint density at radius 3 is 2.16 bits per heavy atom. The van der Waals surface area contributed by atoms with E-state index in [0.717, 1.165) is 19.0 Å². The maximum atomic E-state index is 3.71. The minimum atomic E-state index is 0.366. The molecule has 2 rings (SSSR count). The van der Waals surface area contributed by atoms with Crippen molar-refractivity contribution in [3.05, 3.63) is 35.4 Å². The van der Waals surface area contributed by atoms with Gasteiger partial charge < -0.3 is 5.32 Å². The lowest BCUT2D eigenvalue weighted by Gasteiger charge is -2.31. The molecule has 0 bridgehead atoms. The van der Waals surface area contributed by atoms with Crippen LogP contribution in [0, 0.1) is 11.3 Å². The number of rotatable bonds is 6. The van der Waals surface area contributed by atoms with Gasteiger partial charge in [-0.3, -0.25) is 0 Å². The maximum absolute atomic E-state index is 3.71. The van der Waals surface area contributed by atoms with Gasteiger partial charge in [0.15, 0.2) is 0 Å². The second-order valence-corrected chi connectivity index (χ2v) is 7.12. The molecular formula is C18H29N. The number of benzene rings is 1. The fraction of sp³-hybridized carbons (Fsp3) is 0.667. The zero-order valence-electron chi connectivity index (χ0n) is 13.0. The van der Waals surface area contributed by atoms with E-state index in [9.17, 15) is 0 Å². The largest absolute Gasteiger partial charge is 0.314 e. The van der Waals surface area contributed by atoms with E-state index in [0.29, 0.717) is 11.3 Å². The van der Waals surface area contributed by atoms with Gasteiger partial charge in [0, 0.05) is 6.04 Å². The summed E-state index contributed by atoms with van der Waals surface area (Å²) in [6.45, 7) is 10.5. The van der Waals surface area contributed by atoms with Crippen LogP contribution in [0.25, 0.3) is 0 Å². The van der Waals surface area contributed by atoms with E-state index in [1.165, 1.54) is 30.4 Å². The van der Waals surface area contributed by atoms with Crippen LogP contribution in [-0.2, 0) is 12.8 Å². The molecule has 0 aliphatic heterocycles. The summed E-state index contributed by atoms with van der Waals surface area (Å²) in [6.07, 6.45) is 5.07. The Labute approximate surface area is 118 Å². The maximum Gasteiger partial charge on any atom is 0.00683 e. The predicted molar refractivity (Wildman–Crippen MR) is 83.5 cm³/mol. The molecular weight excluding hydrogens is 230 g/mol. The first-order valence-corrected chi connectivity index (χ1v) is 7.80. The third-order valence-corrected chi connectivity index (χ3v) is 4.37. The molecule has 0 spiro atoms. The average molecular weight is 259 g/mol. The lowest BCUT2D eigenvalue weighted by Crippen LogP contribution is -2.34. The molecule has 1 aliphatic rings. The lowest BCUT2D eigenvalue weighted by atomic mass is 9.77. The van der Waals surface area contributed by atoms with Gasteiger partial charge in [-0.15, -0.1) is 0 Å². The molecule has 1 N–H and O–H groups in total. The Kier molecular flexibility index (Phi) is 4.67. The molecule has 1 aliphatic carbocycles. The van der Waals surface area contributed by atoms with Crippen LogP contribution >= 0.6 is 0 Å². The highest BCUT2D eigenvalue weighted by molar-refractivity contribution is 5.23. The Balaban J connectivity index is 1.96. The summed E-state index contributed by atoms with van der Waals surface area (Å²) in [7, 11) is 0. The fourth-order valence-electron chi connectivity index (χ4n) is 2.48. The molecule has 0 amide bonds. The molecule has 1 aromatic rings. The van der Waals surface area contributed by atoms with Crippen molar-refractivity contribution in [2.45, 2.75) is 59.4 Å². The van der Waals surface area contributed by atoms with Crippen molar-refractivity contribution in [1.82, 2.24) is 5.32 Å². The van der Waals surface area contributed by atoms with Gasteiger partial charge in [-0.05, 0) is 54.7 Å². The van der Waals surface area contributed by atoms with Crippen LogP contribution in [0.5, 0.6) is 0 Å². The van der Waals surface area contributed by atoms with Crippen molar-refractivity contribution in [1.29, 1.82) is 0 Å². The summed E-state index contributed by atoms with van der Waals surface area (Å²) < 4.78 is 0. The number of hydrogen-bond donors (Lipinski definition) is 1. The van der Waals surface area contributed by atoms with Crippen LogP contribution < -0.4 is 5.32 Å². The molecule has 106 valence electrons. The second kappa shape index (κ2) is 6.09. The van der Waals surface area contributed by atoms with E-state index in [1.807, 2.05) is 0 Å². The van der Waals surface area contributed by atoms with Gasteiger partial charge in [-0.1, -0.05) is 52.0 Å². The molecule has 1 saturated carbocycles. The highest BCUT2D eigenvalue weighted by atomic mass is 14.9. The number of nitrogens with one attached hydrogen (secondary N) is 1. The summed E-state index contributed by atoms with van der Waals surface area (Å²) in [6, 6.07) is 10.0. The van der Waals surface area contributed by atoms with Gasteiger partial charge >= 0.3 is 0 Å². The molecule has 0 aromatic heterocycles. The van der Waals surface area contributed by atoms with E-state index < -0.39 is 0 Å². The molecule has 19 heavy (non-hydrogen) atoms. The van der Waals surface area contributed by atoms with Crippen molar-refractivity contribution < 1.29 is 0 Å². The van der Waals surface area contributed by atoms with Crippen molar-refractivity contribution in [2.24, 2.45) is 11.3 Å². The third kappa shape index (κ3) is 4.65. The van der Waals surface area contributed by atoms with Gasteiger partial charge in [0.05, 0.1) is 0 Å². The van der Waals surface area contributed by atoms with Crippen LogP contribution in [-0.4, -0.2) is 12.6 Å². The van der Waals surface area contributed by atoms with Crippen molar-refractivity contribution >= 4 is 0 Å². The highest BCUT2D eigenvalue weighted by Gasteiger charge is 2.28. The summed E-state index contributed by atoms with van der Waals surface area (Å²) in [5.41, 5.74) is 3.28. The van der Waals surface area contributed by atoms with E-state index in [-0.39, 0.29) is 0 Å². The van der Waals surface area contributed by atoms with Crippen molar-refractivity contribution in [2.75, 3.05) is 6.54 Å². The monoisotopic (exact) mass is 259 g/mol. The Morgan fingerprint density at radius 2 is 1.68 bits per heavy atom. The first-order valence-electron chi connectivity index (χ1n) is 7.80. The highest BCUT2D eigenvalue weighted by Crippen LogP contribution is 2.30. The van der Waals surface area contributed by atoms with Crippen LogP contribution in [0.3, 0.4) is 0 Å². The standard InChI is InChI=1S/C18H29N/c1-5-14-6-8-15(9-7-14)12-16(18(2,3)4)13-19-17-10-11-17/h6-9,16-17,19H,5,10-13H2,1-4H3. The van der Waals surface area contributed by atoms with Crippen LogP contribution in [0.2, 0.25) is 0 Å². The second-order valence-electron chi connectivity index (χ2n) is 7.12. The van der Waals surface area contributed by atoms with E-state index >= 15 is 0 Å². The van der Waals surface area contributed by atoms with Crippen LogP contribution in [0.15, 0.2) is 24.3 Å². The molecule has 1 atom stereocenters.